The molecule has 6 heteroatoms. The highest BCUT2D eigenvalue weighted by Crippen LogP contribution is 2.18. The van der Waals surface area contributed by atoms with E-state index in [9.17, 15) is 9.59 Å². The molecule has 21 heavy (non-hydrogen) atoms. The van der Waals surface area contributed by atoms with E-state index in [1.54, 1.807) is 11.8 Å². The van der Waals surface area contributed by atoms with Crippen molar-refractivity contribution in [1.82, 2.24) is 15.5 Å². The van der Waals surface area contributed by atoms with Gasteiger partial charge in [-0.2, -0.15) is 0 Å². The van der Waals surface area contributed by atoms with Crippen molar-refractivity contribution in [1.29, 1.82) is 0 Å². The quantitative estimate of drug-likeness (QED) is 0.826. The van der Waals surface area contributed by atoms with E-state index in [2.05, 4.69) is 22.8 Å². The Balaban J connectivity index is 1.71. The maximum atomic E-state index is 12.0. The van der Waals surface area contributed by atoms with E-state index in [0.717, 1.165) is 6.42 Å². The van der Waals surface area contributed by atoms with Crippen LogP contribution in [0.5, 0.6) is 0 Å². The molecule has 6 nitrogen and oxygen atoms in total. The van der Waals surface area contributed by atoms with E-state index in [4.69, 9.17) is 4.74 Å². The Morgan fingerprint density at radius 2 is 1.90 bits per heavy atom. The van der Waals surface area contributed by atoms with E-state index >= 15 is 0 Å². The molecule has 3 amide bonds. The van der Waals surface area contributed by atoms with Crippen LogP contribution >= 0.6 is 0 Å². The lowest BCUT2D eigenvalue weighted by atomic mass is 10.0. The van der Waals surface area contributed by atoms with Crippen LogP contribution in [0, 0.1) is 0 Å². The lowest BCUT2D eigenvalue weighted by Gasteiger charge is -2.28. The van der Waals surface area contributed by atoms with Gasteiger partial charge in [0.2, 0.25) is 0 Å². The first-order valence-corrected chi connectivity index (χ1v) is 7.21. The summed E-state index contributed by atoms with van der Waals surface area (Å²) in [5.41, 5.74) is 2.51. The Kier molecular flexibility index (Phi) is 5.43. The molecule has 0 aromatic heterocycles. The number of hydrogen-bond donors (Lipinski definition) is 2. The fraction of sp³-hybridized carbons (Fsp3) is 0.467. The second-order valence-electron chi connectivity index (χ2n) is 4.82. The Bertz CT molecular complexity index is 505. The molecule has 0 saturated carbocycles. The molecule has 114 valence electrons. The number of alkyl carbamates (subject to hydrolysis) is 1. The van der Waals surface area contributed by atoms with Gasteiger partial charge < -0.3 is 20.3 Å². The molecule has 0 bridgehead atoms. The van der Waals surface area contributed by atoms with Crippen LogP contribution in [0.3, 0.4) is 0 Å². The van der Waals surface area contributed by atoms with E-state index < -0.39 is 6.09 Å². The van der Waals surface area contributed by atoms with Crippen LogP contribution in [0.1, 0.15) is 18.1 Å². The fourth-order valence-electron chi connectivity index (χ4n) is 2.30. The zero-order valence-electron chi connectivity index (χ0n) is 12.2. The molecule has 1 heterocycles. The molecule has 2 N–H and O–H groups in total. The SMILES string of the molecule is CCOC(=O)NCCNC(=O)N1CCc2ccccc2C1. The van der Waals surface area contributed by atoms with Gasteiger partial charge in [0.25, 0.3) is 0 Å². The Hall–Kier alpha value is -2.24. The molecule has 0 aliphatic carbocycles. The molecule has 0 saturated heterocycles. The van der Waals surface area contributed by atoms with Crippen molar-refractivity contribution in [3.8, 4) is 0 Å². The summed E-state index contributed by atoms with van der Waals surface area (Å²) in [6.07, 6.45) is 0.420. The number of fused-ring (bicyclic) bond motifs is 1. The van der Waals surface area contributed by atoms with Crippen LogP contribution in [-0.4, -0.2) is 43.3 Å². The first-order chi connectivity index (χ1) is 10.2. The van der Waals surface area contributed by atoms with Crippen LogP contribution < -0.4 is 10.6 Å². The number of carbonyl (C=O) groups excluding carboxylic acids is 2. The molecule has 0 spiro atoms. The van der Waals surface area contributed by atoms with Gasteiger partial charge >= 0.3 is 12.1 Å². The van der Waals surface area contributed by atoms with Gasteiger partial charge in [0.15, 0.2) is 0 Å². The van der Waals surface area contributed by atoms with Crippen LogP contribution in [0.15, 0.2) is 24.3 Å². The third-order valence-electron chi connectivity index (χ3n) is 3.36. The van der Waals surface area contributed by atoms with Gasteiger partial charge in [-0.25, -0.2) is 9.59 Å². The van der Waals surface area contributed by atoms with Crippen molar-refractivity contribution in [2.75, 3.05) is 26.2 Å². The number of amides is 3. The van der Waals surface area contributed by atoms with Crippen molar-refractivity contribution in [2.24, 2.45) is 0 Å². The standard InChI is InChI=1S/C15H21N3O3/c1-2-21-15(20)17-9-8-16-14(19)18-10-7-12-5-3-4-6-13(12)11-18/h3-6H,2,7-11H2,1H3,(H,16,19)(H,17,20). The highest BCUT2D eigenvalue weighted by Gasteiger charge is 2.19. The fourth-order valence-corrected chi connectivity index (χ4v) is 2.30. The van der Waals surface area contributed by atoms with Crippen molar-refractivity contribution in [2.45, 2.75) is 19.9 Å². The molecule has 1 aliphatic heterocycles. The smallest absolute Gasteiger partial charge is 0.407 e. The molecular weight excluding hydrogens is 270 g/mol. The Labute approximate surface area is 124 Å². The largest absolute Gasteiger partial charge is 0.450 e. The molecule has 1 aromatic rings. The van der Waals surface area contributed by atoms with Gasteiger partial charge in [0.1, 0.15) is 0 Å². The Morgan fingerprint density at radius 1 is 1.19 bits per heavy atom. The van der Waals surface area contributed by atoms with Crippen LogP contribution in [0.2, 0.25) is 0 Å². The lowest BCUT2D eigenvalue weighted by Crippen LogP contribution is -2.45. The third kappa shape index (κ3) is 4.37. The minimum Gasteiger partial charge on any atom is -0.450 e. The van der Waals surface area contributed by atoms with Crippen LogP contribution in [0.25, 0.3) is 0 Å². The van der Waals surface area contributed by atoms with Gasteiger partial charge in [0.05, 0.1) is 6.61 Å². The predicted molar refractivity (Wildman–Crippen MR) is 79.0 cm³/mol. The molecule has 1 aromatic carbocycles. The summed E-state index contributed by atoms with van der Waals surface area (Å²) < 4.78 is 4.73. The average molecular weight is 291 g/mol. The van der Waals surface area contributed by atoms with Crippen LogP contribution in [-0.2, 0) is 17.7 Å². The first-order valence-electron chi connectivity index (χ1n) is 7.21. The van der Waals surface area contributed by atoms with Gasteiger partial charge in [0, 0.05) is 26.2 Å². The number of ether oxygens (including phenoxy) is 1. The average Bonchev–Trinajstić information content (AvgIpc) is 2.51. The Morgan fingerprint density at radius 3 is 2.67 bits per heavy atom. The first kappa shape index (κ1) is 15.2. The van der Waals surface area contributed by atoms with E-state index in [0.29, 0.717) is 32.8 Å². The van der Waals surface area contributed by atoms with Gasteiger partial charge in [-0.1, -0.05) is 24.3 Å². The zero-order chi connectivity index (χ0) is 15.1. The van der Waals surface area contributed by atoms with Gasteiger partial charge in [-0.05, 0) is 24.5 Å². The van der Waals surface area contributed by atoms with Crippen molar-refractivity contribution in [3.63, 3.8) is 0 Å². The van der Waals surface area contributed by atoms with Gasteiger partial charge in [-0.15, -0.1) is 0 Å². The number of benzene rings is 1. The second kappa shape index (κ2) is 7.52. The summed E-state index contributed by atoms with van der Waals surface area (Å²) in [7, 11) is 0. The van der Waals surface area contributed by atoms with E-state index in [-0.39, 0.29) is 6.03 Å². The monoisotopic (exact) mass is 291 g/mol. The normalized spacial score (nSPS) is 13.3. The summed E-state index contributed by atoms with van der Waals surface area (Å²) in [5, 5.41) is 5.36. The maximum Gasteiger partial charge on any atom is 0.407 e. The van der Waals surface area contributed by atoms with Gasteiger partial charge in [-0.3, -0.25) is 0 Å². The summed E-state index contributed by atoms with van der Waals surface area (Å²) in [6, 6.07) is 8.07. The number of hydrogen-bond acceptors (Lipinski definition) is 3. The van der Waals surface area contributed by atoms with Crippen LogP contribution in [0.4, 0.5) is 9.59 Å². The minimum atomic E-state index is -0.460. The zero-order valence-corrected chi connectivity index (χ0v) is 12.2. The molecule has 0 atom stereocenters. The third-order valence-corrected chi connectivity index (χ3v) is 3.36. The second-order valence-corrected chi connectivity index (χ2v) is 4.82. The van der Waals surface area contributed by atoms with Crippen molar-refractivity contribution < 1.29 is 14.3 Å². The topological polar surface area (TPSA) is 70.7 Å². The number of nitrogens with zero attached hydrogens (tertiary/aromatic N) is 1. The number of nitrogens with one attached hydrogen (secondary N) is 2. The lowest BCUT2D eigenvalue weighted by molar-refractivity contribution is 0.152. The summed E-state index contributed by atoms with van der Waals surface area (Å²) >= 11 is 0. The molecular formula is C15H21N3O3. The maximum absolute atomic E-state index is 12.0. The number of carbonyl (C=O) groups is 2. The highest BCUT2D eigenvalue weighted by atomic mass is 16.5. The molecule has 0 radical (unpaired) electrons. The predicted octanol–water partition coefficient (Wildman–Crippen LogP) is 1.50. The molecule has 2 rings (SSSR count). The molecule has 0 fully saturated rings. The summed E-state index contributed by atoms with van der Waals surface area (Å²) in [6.45, 7) is 4.17. The van der Waals surface area contributed by atoms with Crippen molar-refractivity contribution >= 4 is 12.1 Å². The number of urea groups is 1. The summed E-state index contributed by atoms with van der Waals surface area (Å²) in [5.74, 6) is 0. The molecule has 0 unspecified atom stereocenters. The number of rotatable bonds is 4. The van der Waals surface area contributed by atoms with E-state index in [1.807, 2.05) is 12.1 Å². The highest BCUT2D eigenvalue weighted by molar-refractivity contribution is 5.74. The summed E-state index contributed by atoms with van der Waals surface area (Å²) in [4.78, 5) is 24.9. The van der Waals surface area contributed by atoms with E-state index in [1.165, 1.54) is 11.1 Å². The molecule has 1 aliphatic rings. The van der Waals surface area contributed by atoms with Crippen molar-refractivity contribution in [3.05, 3.63) is 35.4 Å². The minimum absolute atomic E-state index is 0.102.